The van der Waals surface area contributed by atoms with Crippen LogP contribution in [0.5, 0.6) is 5.75 Å². The Bertz CT molecular complexity index is 687. The van der Waals surface area contributed by atoms with Gasteiger partial charge >= 0.3 is 0 Å². The van der Waals surface area contributed by atoms with Crippen LogP contribution in [-0.2, 0) is 6.54 Å². The van der Waals surface area contributed by atoms with E-state index in [0.717, 1.165) is 50.4 Å². The molecule has 2 heterocycles. The number of hydrogen-bond acceptors (Lipinski definition) is 5. The van der Waals surface area contributed by atoms with E-state index >= 15 is 0 Å². The molecule has 7 nitrogen and oxygen atoms in total. The van der Waals surface area contributed by atoms with Gasteiger partial charge in [-0.05, 0) is 23.8 Å². The van der Waals surface area contributed by atoms with Gasteiger partial charge in [-0.2, -0.15) is 0 Å². The van der Waals surface area contributed by atoms with E-state index in [4.69, 9.17) is 4.74 Å². The van der Waals surface area contributed by atoms with Crippen LogP contribution in [0, 0.1) is 0 Å². The molecule has 0 atom stereocenters. The molecule has 8 heteroatoms. The van der Waals surface area contributed by atoms with Gasteiger partial charge in [-0.1, -0.05) is 12.1 Å². The second-order valence-electron chi connectivity index (χ2n) is 5.77. The standard InChI is InChI=1S/C18H24N6O.HI/c1-19-17(22-14-15-4-6-16(25-2)7-5-15)23-10-12-24(13-11-23)18-20-8-3-9-21-18;/h3-9H,10-14H2,1-2H3,(H,19,22);1H. The van der Waals surface area contributed by atoms with Crippen molar-refractivity contribution in [2.24, 2.45) is 4.99 Å². The Balaban J connectivity index is 0.00000243. The first-order valence-electron chi connectivity index (χ1n) is 8.40. The highest BCUT2D eigenvalue weighted by Crippen LogP contribution is 2.12. The molecule has 1 fully saturated rings. The van der Waals surface area contributed by atoms with Crippen molar-refractivity contribution >= 4 is 35.9 Å². The molecule has 0 aliphatic carbocycles. The van der Waals surface area contributed by atoms with E-state index in [2.05, 4.69) is 42.2 Å². The Hall–Kier alpha value is -2.10. The summed E-state index contributed by atoms with van der Waals surface area (Å²) in [5.74, 6) is 2.58. The number of benzene rings is 1. The monoisotopic (exact) mass is 468 g/mol. The van der Waals surface area contributed by atoms with E-state index in [0.29, 0.717) is 0 Å². The maximum absolute atomic E-state index is 5.19. The van der Waals surface area contributed by atoms with Gasteiger partial charge in [0.15, 0.2) is 5.96 Å². The van der Waals surface area contributed by atoms with Gasteiger partial charge in [0.05, 0.1) is 7.11 Å². The van der Waals surface area contributed by atoms with Crippen molar-refractivity contribution in [1.29, 1.82) is 0 Å². The van der Waals surface area contributed by atoms with E-state index in [-0.39, 0.29) is 24.0 Å². The Kier molecular flexibility index (Phi) is 7.89. The lowest BCUT2D eigenvalue weighted by Gasteiger charge is -2.36. The smallest absolute Gasteiger partial charge is 0.225 e. The Morgan fingerprint density at radius 1 is 1.12 bits per heavy atom. The molecule has 2 aromatic rings. The van der Waals surface area contributed by atoms with E-state index in [1.807, 2.05) is 25.2 Å². The summed E-state index contributed by atoms with van der Waals surface area (Å²) in [6.07, 6.45) is 3.56. The molecule has 1 aromatic heterocycles. The fourth-order valence-corrected chi connectivity index (χ4v) is 2.83. The molecule has 1 aliphatic heterocycles. The van der Waals surface area contributed by atoms with Crippen molar-refractivity contribution in [3.8, 4) is 5.75 Å². The average molecular weight is 468 g/mol. The molecule has 1 aliphatic rings. The molecule has 0 amide bonds. The third-order valence-electron chi connectivity index (χ3n) is 4.24. The lowest BCUT2D eigenvalue weighted by molar-refractivity contribution is 0.370. The van der Waals surface area contributed by atoms with Crippen molar-refractivity contribution in [1.82, 2.24) is 20.2 Å². The molecular weight excluding hydrogens is 443 g/mol. The largest absolute Gasteiger partial charge is 0.497 e. The van der Waals surface area contributed by atoms with Crippen LogP contribution in [0.4, 0.5) is 5.95 Å². The highest BCUT2D eigenvalue weighted by atomic mass is 127. The first-order chi connectivity index (χ1) is 12.3. The lowest BCUT2D eigenvalue weighted by atomic mass is 10.2. The number of aromatic nitrogens is 2. The number of ether oxygens (including phenoxy) is 1. The summed E-state index contributed by atoms with van der Waals surface area (Å²) in [6, 6.07) is 9.90. The fraction of sp³-hybridized carbons (Fsp3) is 0.389. The van der Waals surface area contributed by atoms with Gasteiger partial charge in [0.1, 0.15) is 5.75 Å². The highest BCUT2D eigenvalue weighted by molar-refractivity contribution is 14.0. The SMILES string of the molecule is CN=C(NCc1ccc(OC)cc1)N1CCN(c2ncccn2)CC1.I. The average Bonchev–Trinajstić information content (AvgIpc) is 2.70. The van der Waals surface area contributed by atoms with Crippen molar-refractivity contribution in [3.05, 3.63) is 48.3 Å². The number of anilines is 1. The maximum Gasteiger partial charge on any atom is 0.225 e. The van der Waals surface area contributed by atoms with Gasteiger partial charge < -0.3 is 19.9 Å². The lowest BCUT2D eigenvalue weighted by Crippen LogP contribution is -2.52. The normalized spacial score (nSPS) is 14.6. The third-order valence-corrected chi connectivity index (χ3v) is 4.24. The minimum Gasteiger partial charge on any atom is -0.497 e. The van der Waals surface area contributed by atoms with Gasteiger partial charge in [-0.15, -0.1) is 24.0 Å². The van der Waals surface area contributed by atoms with Crippen LogP contribution in [-0.4, -0.2) is 61.2 Å². The molecule has 1 aromatic carbocycles. The van der Waals surface area contributed by atoms with E-state index in [9.17, 15) is 0 Å². The van der Waals surface area contributed by atoms with Gasteiger partial charge in [-0.3, -0.25) is 4.99 Å². The first kappa shape index (κ1) is 20.2. The van der Waals surface area contributed by atoms with Crippen LogP contribution in [0.2, 0.25) is 0 Å². The number of guanidine groups is 1. The van der Waals surface area contributed by atoms with E-state index in [1.165, 1.54) is 5.56 Å². The molecule has 1 N–H and O–H groups in total. The number of nitrogens with one attached hydrogen (secondary N) is 1. The number of hydrogen-bond donors (Lipinski definition) is 1. The Labute approximate surface area is 171 Å². The van der Waals surface area contributed by atoms with E-state index in [1.54, 1.807) is 19.5 Å². The van der Waals surface area contributed by atoms with Crippen LogP contribution in [0.25, 0.3) is 0 Å². The highest BCUT2D eigenvalue weighted by Gasteiger charge is 2.20. The van der Waals surface area contributed by atoms with Crippen LogP contribution in [0.3, 0.4) is 0 Å². The molecule has 0 spiro atoms. The second kappa shape index (κ2) is 10.1. The van der Waals surface area contributed by atoms with Crippen LogP contribution < -0.4 is 15.0 Å². The summed E-state index contributed by atoms with van der Waals surface area (Å²) in [5.41, 5.74) is 1.19. The molecule has 1 saturated heterocycles. The predicted molar refractivity (Wildman–Crippen MR) is 114 cm³/mol. The number of halogens is 1. The zero-order valence-electron chi connectivity index (χ0n) is 15.1. The zero-order valence-corrected chi connectivity index (χ0v) is 17.5. The number of rotatable bonds is 4. The number of piperazine rings is 1. The minimum atomic E-state index is 0. The van der Waals surface area contributed by atoms with E-state index < -0.39 is 0 Å². The van der Waals surface area contributed by atoms with Crippen LogP contribution in [0.1, 0.15) is 5.56 Å². The van der Waals surface area contributed by atoms with Crippen LogP contribution in [0.15, 0.2) is 47.7 Å². The van der Waals surface area contributed by atoms with Crippen molar-refractivity contribution < 1.29 is 4.74 Å². The molecule has 26 heavy (non-hydrogen) atoms. The fourth-order valence-electron chi connectivity index (χ4n) is 2.83. The number of nitrogens with zero attached hydrogens (tertiary/aromatic N) is 5. The molecular formula is C18H25IN6O. The molecule has 0 bridgehead atoms. The van der Waals surface area contributed by atoms with Gasteiger partial charge in [0.25, 0.3) is 0 Å². The predicted octanol–water partition coefficient (Wildman–Crippen LogP) is 2.00. The van der Waals surface area contributed by atoms with Gasteiger partial charge in [0, 0.05) is 52.2 Å². The Morgan fingerprint density at radius 2 is 1.77 bits per heavy atom. The molecule has 0 unspecified atom stereocenters. The number of aliphatic imine (C=N–C) groups is 1. The Morgan fingerprint density at radius 3 is 2.35 bits per heavy atom. The summed E-state index contributed by atoms with van der Waals surface area (Å²) >= 11 is 0. The summed E-state index contributed by atoms with van der Waals surface area (Å²) in [6.45, 7) is 4.28. The molecule has 0 radical (unpaired) electrons. The zero-order chi connectivity index (χ0) is 17.5. The topological polar surface area (TPSA) is 65.9 Å². The van der Waals surface area contributed by atoms with Crippen molar-refractivity contribution in [3.63, 3.8) is 0 Å². The minimum absolute atomic E-state index is 0. The number of methoxy groups -OCH3 is 1. The second-order valence-corrected chi connectivity index (χ2v) is 5.77. The van der Waals surface area contributed by atoms with Gasteiger partial charge in [0.2, 0.25) is 5.95 Å². The van der Waals surface area contributed by atoms with Crippen molar-refractivity contribution in [2.75, 3.05) is 45.2 Å². The molecule has 140 valence electrons. The molecule has 0 saturated carbocycles. The summed E-state index contributed by atoms with van der Waals surface area (Å²) in [7, 11) is 3.50. The first-order valence-corrected chi connectivity index (χ1v) is 8.40. The van der Waals surface area contributed by atoms with Crippen LogP contribution >= 0.6 is 24.0 Å². The molecule has 3 rings (SSSR count). The van der Waals surface area contributed by atoms with Crippen molar-refractivity contribution in [2.45, 2.75) is 6.54 Å². The summed E-state index contributed by atoms with van der Waals surface area (Å²) < 4.78 is 5.19. The third kappa shape index (κ3) is 5.20. The maximum atomic E-state index is 5.19. The van der Waals surface area contributed by atoms with Gasteiger partial charge in [-0.25, -0.2) is 9.97 Å². The summed E-state index contributed by atoms with van der Waals surface area (Å²) in [5, 5.41) is 3.43. The quantitative estimate of drug-likeness (QED) is 0.421. The summed E-state index contributed by atoms with van der Waals surface area (Å²) in [4.78, 5) is 17.5.